The Balaban J connectivity index is 1.18. The van der Waals surface area contributed by atoms with E-state index in [4.69, 9.17) is 43.8 Å². The van der Waals surface area contributed by atoms with E-state index in [0.29, 0.717) is 28.3 Å². The minimum atomic E-state index is 0.275. The number of nitrogens with zero attached hydrogens (tertiary/aromatic N) is 6. The monoisotopic (exact) mass is 576 g/mol. The third-order valence-electron chi connectivity index (χ3n) is 8.25. The highest BCUT2D eigenvalue weighted by molar-refractivity contribution is 6.42. The van der Waals surface area contributed by atoms with E-state index >= 15 is 0 Å². The Bertz CT molecular complexity index is 1680. The first kappa shape index (κ1) is 25.7. The largest absolute Gasteiger partial charge is 0.383 e. The SMILES string of the molecule is Nc1ncnc2c1c(-c1ccc3nc(Cc4ccc(Cl)c(Cl)c4)[nH]c3c1)nn2[C@H]1CC[C@H](N2CCOCC2)CC1. The third-order valence-corrected chi connectivity index (χ3v) is 8.99. The molecule has 1 aliphatic carbocycles. The molecule has 2 aliphatic rings. The number of anilines is 1. The minimum absolute atomic E-state index is 0.275. The Morgan fingerprint density at radius 1 is 0.950 bits per heavy atom. The second-order valence-corrected chi connectivity index (χ2v) is 11.5. The maximum Gasteiger partial charge on any atom is 0.164 e. The van der Waals surface area contributed by atoms with Gasteiger partial charge >= 0.3 is 0 Å². The summed E-state index contributed by atoms with van der Waals surface area (Å²) >= 11 is 12.3. The van der Waals surface area contributed by atoms with Crippen LogP contribution in [0, 0.1) is 0 Å². The van der Waals surface area contributed by atoms with Crippen LogP contribution in [-0.4, -0.2) is 67.0 Å². The van der Waals surface area contributed by atoms with Gasteiger partial charge in [0.2, 0.25) is 0 Å². The fourth-order valence-electron chi connectivity index (χ4n) is 6.20. The number of H-pyrrole nitrogens is 1. The van der Waals surface area contributed by atoms with Crippen molar-refractivity contribution in [2.45, 2.75) is 44.2 Å². The lowest BCUT2D eigenvalue weighted by Gasteiger charge is -2.38. The molecule has 4 heterocycles. The lowest BCUT2D eigenvalue weighted by molar-refractivity contribution is 0.00520. The molecule has 0 bridgehead atoms. The van der Waals surface area contributed by atoms with E-state index in [2.05, 4.69) is 30.6 Å². The highest BCUT2D eigenvalue weighted by atomic mass is 35.5. The number of hydrogen-bond acceptors (Lipinski definition) is 7. The molecule has 3 aromatic heterocycles. The topological polar surface area (TPSA) is 111 Å². The first-order chi connectivity index (χ1) is 19.5. The molecule has 0 atom stereocenters. The zero-order valence-corrected chi connectivity index (χ0v) is 23.5. The van der Waals surface area contributed by atoms with Gasteiger partial charge < -0.3 is 15.5 Å². The summed E-state index contributed by atoms with van der Waals surface area (Å²) in [7, 11) is 0. The highest BCUT2D eigenvalue weighted by Gasteiger charge is 2.30. The van der Waals surface area contributed by atoms with Crippen LogP contribution in [0.3, 0.4) is 0 Å². The van der Waals surface area contributed by atoms with Gasteiger partial charge in [-0.2, -0.15) is 5.10 Å². The van der Waals surface area contributed by atoms with Crippen molar-refractivity contribution in [2.75, 3.05) is 32.0 Å². The lowest BCUT2D eigenvalue weighted by Crippen LogP contribution is -2.45. The number of imidazole rings is 1. The zero-order chi connectivity index (χ0) is 27.2. The van der Waals surface area contributed by atoms with Crippen molar-refractivity contribution in [3.63, 3.8) is 0 Å². The standard InChI is InChI=1S/C29H30Cl2N8O/c30-21-7-1-17(13-22(21)31)14-25-35-23-8-2-18(15-24(23)36-25)27-26-28(32)33-16-34-29(26)39(37-27)20-5-3-19(4-6-20)38-9-11-40-12-10-38/h1-2,7-8,13,15-16,19-20H,3-6,9-12,14H2,(H,35,36)(H2,32,33,34)/t19-,20-. The number of aromatic amines is 1. The molecule has 3 N–H and O–H groups in total. The quantitative estimate of drug-likeness (QED) is 0.277. The number of morpholine rings is 1. The average Bonchev–Trinajstić information content (AvgIpc) is 3.57. The molecule has 11 heteroatoms. The van der Waals surface area contributed by atoms with E-state index in [9.17, 15) is 0 Å². The predicted octanol–water partition coefficient (Wildman–Crippen LogP) is 5.67. The number of nitrogens with two attached hydrogens (primary N) is 1. The van der Waals surface area contributed by atoms with Gasteiger partial charge in [0.1, 0.15) is 23.7 Å². The Labute approximate surface area is 241 Å². The number of rotatable bonds is 5. The van der Waals surface area contributed by atoms with Gasteiger partial charge in [0.05, 0.1) is 45.7 Å². The highest BCUT2D eigenvalue weighted by Crippen LogP contribution is 2.37. The molecule has 40 heavy (non-hydrogen) atoms. The van der Waals surface area contributed by atoms with Gasteiger partial charge in [-0.05, 0) is 55.5 Å². The molecular formula is C29H30Cl2N8O. The summed E-state index contributed by atoms with van der Waals surface area (Å²) < 4.78 is 7.64. The van der Waals surface area contributed by atoms with Crippen LogP contribution < -0.4 is 5.73 Å². The number of halogens is 2. The zero-order valence-electron chi connectivity index (χ0n) is 22.0. The number of nitrogens with one attached hydrogen (secondary N) is 1. The van der Waals surface area contributed by atoms with Crippen molar-refractivity contribution in [3.05, 3.63) is 64.2 Å². The third kappa shape index (κ3) is 4.81. The molecule has 0 amide bonds. The van der Waals surface area contributed by atoms with Gasteiger partial charge in [0.15, 0.2) is 5.65 Å². The molecule has 0 radical (unpaired) electrons. The maximum absolute atomic E-state index is 6.42. The van der Waals surface area contributed by atoms with Crippen molar-refractivity contribution >= 4 is 51.1 Å². The Hall–Kier alpha value is -3.24. The maximum atomic E-state index is 6.42. The Morgan fingerprint density at radius 2 is 1.75 bits per heavy atom. The van der Waals surface area contributed by atoms with Crippen LogP contribution in [0.5, 0.6) is 0 Å². The predicted molar refractivity (Wildman–Crippen MR) is 158 cm³/mol. The molecule has 1 aliphatic heterocycles. The molecule has 206 valence electrons. The summed E-state index contributed by atoms with van der Waals surface area (Å²) in [5.74, 6) is 1.29. The van der Waals surface area contributed by atoms with E-state index in [1.807, 2.05) is 30.3 Å². The lowest BCUT2D eigenvalue weighted by atomic mass is 9.90. The van der Waals surface area contributed by atoms with Crippen molar-refractivity contribution in [3.8, 4) is 11.3 Å². The minimum Gasteiger partial charge on any atom is -0.383 e. The summed E-state index contributed by atoms with van der Waals surface area (Å²) in [6.07, 6.45) is 6.55. The van der Waals surface area contributed by atoms with Crippen LogP contribution in [-0.2, 0) is 11.2 Å². The van der Waals surface area contributed by atoms with Crippen molar-refractivity contribution in [2.24, 2.45) is 0 Å². The van der Waals surface area contributed by atoms with E-state index < -0.39 is 0 Å². The van der Waals surface area contributed by atoms with Crippen molar-refractivity contribution < 1.29 is 4.74 Å². The Kier molecular flexibility index (Phi) is 6.83. The van der Waals surface area contributed by atoms with Crippen LogP contribution in [0.1, 0.15) is 43.1 Å². The fourth-order valence-corrected chi connectivity index (χ4v) is 6.52. The van der Waals surface area contributed by atoms with Gasteiger partial charge in [-0.1, -0.05) is 35.3 Å². The van der Waals surface area contributed by atoms with Gasteiger partial charge in [0.25, 0.3) is 0 Å². The second kappa shape index (κ2) is 10.6. The van der Waals surface area contributed by atoms with Crippen LogP contribution in [0.2, 0.25) is 10.0 Å². The van der Waals surface area contributed by atoms with E-state index in [1.54, 1.807) is 0 Å². The van der Waals surface area contributed by atoms with Crippen molar-refractivity contribution in [1.29, 1.82) is 0 Å². The molecule has 2 aromatic carbocycles. The molecule has 1 saturated carbocycles. The summed E-state index contributed by atoms with van der Waals surface area (Å²) in [6.45, 7) is 3.72. The molecular weight excluding hydrogens is 547 g/mol. The summed E-state index contributed by atoms with van der Waals surface area (Å²) in [6, 6.07) is 12.7. The molecule has 2 fully saturated rings. The molecule has 7 rings (SSSR count). The summed E-state index contributed by atoms with van der Waals surface area (Å²) in [5.41, 5.74) is 11.8. The van der Waals surface area contributed by atoms with Gasteiger partial charge in [-0.3, -0.25) is 4.90 Å². The average molecular weight is 578 g/mol. The molecule has 5 aromatic rings. The van der Waals surface area contributed by atoms with E-state index in [-0.39, 0.29) is 6.04 Å². The first-order valence-electron chi connectivity index (χ1n) is 13.8. The van der Waals surface area contributed by atoms with Crippen LogP contribution in [0.15, 0.2) is 42.7 Å². The molecule has 1 saturated heterocycles. The first-order valence-corrected chi connectivity index (χ1v) is 14.5. The van der Waals surface area contributed by atoms with Gasteiger partial charge in [0, 0.05) is 31.1 Å². The fraction of sp³-hybridized carbons (Fsp3) is 0.379. The molecule has 0 unspecified atom stereocenters. The van der Waals surface area contributed by atoms with E-state index in [0.717, 1.165) is 96.7 Å². The summed E-state index contributed by atoms with van der Waals surface area (Å²) in [5, 5.41) is 7.00. The van der Waals surface area contributed by atoms with Crippen LogP contribution >= 0.6 is 23.2 Å². The molecule has 0 spiro atoms. The number of ether oxygens (including phenoxy) is 1. The van der Waals surface area contributed by atoms with E-state index in [1.165, 1.54) is 6.33 Å². The van der Waals surface area contributed by atoms with Crippen molar-refractivity contribution in [1.82, 2.24) is 34.6 Å². The summed E-state index contributed by atoms with van der Waals surface area (Å²) in [4.78, 5) is 19.8. The van der Waals surface area contributed by atoms with Crippen LogP contribution in [0.25, 0.3) is 33.3 Å². The number of benzene rings is 2. The number of aromatic nitrogens is 6. The normalized spacial score (nSPS) is 20.4. The van der Waals surface area contributed by atoms with Gasteiger partial charge in [-0.15, -0.1) is 0 Å². The van der Waals surface area contributed by atoms with Crippen LogP contribution in [0.4, 0.5) is 5.82 Å². The van der Waals surface area contributed by atoms with Gasteiger partial charge in [-0.25, -0.2) is 19.6 Å². The number of nitrogen functional groups attached to an aromatic ring is 1. The number of fused-ring (bicyclic) bond motifs is 2. The molecule has 9 nitrogen and oxygen atoms in total. The smallest absolute Gasteiger partial charge is 0.164 e. The number of hydrogen-bond donors (Lipinski definition) is 2. The second-order valence-electron chi connectivity index (χ2n) is 10.7. The Morgan fingerprint density at radius 3 is 2.55 bits per heavy atom.